The van der Waals surface area contributed by atoms with Gasteiger partial charge in [0.2, 0.25) is 5.89 Å². The molecule has 1 aliphatic rings. The number of hydrogen-bond acceptors (Lipinski definition) is 5. The van der Waals surface area contributed by atoms with E-state index in [0.29, 0.717) is 18.9 Å². The molecule has 2 heterocycles. The number of nitrogens with zero attached hydrogens (tertiary/aromatic N) is 2. The van der Waals surface area contributed by atoms with Gasteiger partial charge in [0, 0.05) is 25.0 Å². The average molecular weight is 267 g/mol. The lowest BCUT2D eigenvalue weighted by molar-refractivity contribution is 0.0773. The second-order valence-corrected chi connectivity index (χ2v) is 6.69. The number of ether oxygens (including phenoxy) is 1. The molecule has 1 saturated heterocycles. The van der Waals surface area contributed by atoms with E-state index in [1.54, 1.807) is 0 Å². The predicted molar refractivity (Wildman–Crippen MR) is 72.8 cm³/mol. The van der Waals surface area contributed by atoms with Crippen molar-refractivity contribution in [3.63, 3.8) is 0 Å². The van der Waals surface area contributed by atoms with Crippen LogP contribution in [0.15, 0.2) is 4.52 Å². The molecule has 108 valence electrons. The Morgan fingerprint density at radius 1 is 1.42 bits per heavy atom. The van der Waals surface area contributed by atoms with E-state index in [-0.39, 0.29) is 17.4 Å². The van der Waals surface area contributed by atoms with E-state index in [4.69, 9.17) is 15.0 Å². The van der Waals surface area contributed by atoms with Gasteiger partial charge < -0.3 is 15.0 Å². The van der Waals surface area contributed by atoms with Crippen LogP contribution in [0.1, 0.15) is 57.7 Å². The highest BCUT2D eigenvalue weighted by atomic mass is 16.5. The summed E-state index contributed by atoms with van der Waals surface area (Å²) in [5.74, 6) is 1.71. The van der Waals surface area contributed by atoms with Gasteiger partial charge >= 0.3 is 0 Å². The van der Waals surface area contributed by atoms with Crippen molar-refractivity contribution >= 4 is 0 Å². The minimum absolute atomic E-state index is 0.0657. The molecule has 1 fully saturated rings. The van der Waals surface area contributed by atoms with Gasteiger partial charge in [0.05, 0.1) is 6.61 Å². The maximum absolute atomic E-state index is 6.13. The minimum atomic E-state index is 0.0657. The van der Waals surface area contributed by atoms with E-state index in [0.717, 1.165) is 31.7 Å². The van der Waals surface area contributed by atoms with Crippen molar-refractivity contribution < 1.29 is 9.26 Å². The largest absolute Gasteiger partial charge is 0.381 e. The fraction of sp³-hybridized carbons (Fsp3) is 0.857. The fourth-order valence-corrected chi connectivity index (χ4v) is 2.54. The molecule has 1 aromatic rings. The van der Waals surface area contributed by atoms with Crippen LogP contribution in [0.2, 0.25) is 0 Å². The molecule has 5 nitrogen and oxygen atoms in total. The summed E-state index contributed by atoms with van der Waals surface area (Å²) in [5.41, 5.74) is 6.35. The molecule has 1 aromatic heterocycles. The zero-order valence-electron chi connectivity index (χ0n) is 12.2. The molecule has 0 aliphatic carbocycles. The second kappa shape index (κ2) is 6.01. The van der Waals surface area contributed by atoms with Crippen LogP contribution in [0.25, 0.3) is 0 Å². The Hall–Kier alpha value is -0.940. The standard InChI is InChI=1S/C14H25N3O2/c1-14(2,3)8-11(15)7-12-16-13(17-19-12)10-5-4-6-18-9-10/h10-11H,4-9,15H2,1-3H3. The number of hydrogen-bond donors (Lipinski definition) is 1. The van der Waals surface area contributed by atoms with Gasteiger partial charge in [-0.1, -0.05) is 25.9 Å². The molecule has 2 rings (SSSR count). The average Bonchev–Trinajstić information content (AvgIpc) is 2.76. The number of nitrogens with two attached hydrogens (primary N) is 1. The van der Waals surface area contributed by atoms with E-state index in [9.17, 15) is 0 Å². The lowest BCUT2D eigenvalue weighted by atomic mass is 9.87. The van der Waals surface area contributed by atoms with Gasteiger partial charge in [0.1, 0.15) is 0 Å². The Labute approximate surface area is 114 Å². The van der Waals surface area contributed by atoms with Crippen molar-refractivity contribution in [2.24, 2.45) is 11.1 Å². The highest BCUT2D eigenvalue weighted by molar-refractivity contribution is 4.98. The molecule has 0 radical (unpaired) electrons. The van der Waals surface area contributed by atoms with Crippen molar-refractivity contribution in [2.45, 2.75) is 58.4 Å². The summed E-state index contributed by atoms with van der Waals surface area (Å²) < 4.78 is 10.8. The van der Waals surface area contributed by atoms with Crippen LogP contribution >= 0.6 is 0 Å². The first-order chi connectivity index (χ1) is 8.94. The molecule has 2 unspecified atom stereocenters. The summed E-state index contributed by atoms with van der Waals surface area (Å²) in [6.45, 7) is 8.10. The van der Waals surface area contributed by atoms with E-state index < -0.39 is 0 Å². The molecule has 2 N–H and O–H groups in total. The summed E-state index contributed by atoms with van der Waals surface area (Å²) in [6.07, 6.45) is 3.74. The molecule has 0 aromatic carbocycles. The van der Waals surface area contributed by atoms with Gasteiger partial charge in [-0.15, -0.1) is 0 Å². The van der Waals surface area contributed by atoms with Crippen molar-refractivity contribution in [3.05, 3.63) is 11.7 Å². The summed E-state index contributed by atoms with van der Waals surface area (Å²) in [6, 6.07) is 0.0657. The van der Waals surface area contributed by atoms with E-state index in [2.05, 4.69) is 30.9 Å². The van der Waals surface area contributed by atoms with Gasteiger partial charge in [-0.05, 0) is 24.7 Å². The zero-order chi connectivity index (χ0) is 13.9. The summed E-state index contributed by atoms with van der Waals surface area (Å²) >= 11 is 0. The van der Waals surface area contributed by atoms with Crippen LogP contribution in [-0.2, 0) is 11.2 Å². The zero-order valence-corrected chi connectivity index (χ0v) is 12.2. The highest BCUT2D eigenvalue weighted by Crippen LogP contribution is 2.24. The second-order valence-electron chi connectivity index (χ2n) is 6.69. The third-order valence-electron chi connectivity index (χ3n) is 3.32. The van der Waals surface area contributed by atoms with E-state index in [1.165, 1.54) is 0 Å². The van der Waals surface area contributed by atoms with Gasteiger partial charge in [-0.3, -0.25) is 0 Å². The van der Waals surface area contributed by atoms with Crippen LogP contribution in [0.3, 0.4) is 0 Å². The van der Waals surface area contributed by atoms with Crippen LogP contribution in [-0.4, -0.2) is 29.4 Å². The Bertz CT molecular complexity index is 392. The summed E-state index contributed by atoms with van der Waals surface area (Å²) in [7, 11) is 0. The third-order valence-corrected chi connectivity index (χ3v) is 3.32. The van der Waals surface area contributed by atoms with E-state index in [1.807, 2.05) is 0 Å². The first-order valence-electron chi connectivity index (χ1n) is 7.10. The van der Waals surface area contributed by atoms with Crippen molar-refractivity contribution in [1.82, 2.24) is 10.1 Å². The van der Waals surface area contributed by atoms with Gasteiger partial charge in [-0.25, -0.2) is 0 Å². The van der Waals surface area contributed by atoms with Gasteiger partial charge in [0.25, 0.3) is 0 Å². The number of rotatable bonds is 4. The Morgan fingerprint density at radius 2 is 2.21 bits per heavy atom. The lowest BCUT2D eigenvalue weighted by Gasteiger charge is -2.22. The maximum atomic E-state index is 6.13. The predicted octanol–water partition coefficient (Wildman–Crippen LogP) is 2.27. The Kier molecular flexibility index (Phi) is 4.58. The molecule has 2 atom stereocenters. The molecule has 5 heteroatoms. The lowest BCUT2D eigenvalue weighted by Crippen LogP contribution is -2.28. The Morgan fingerprint density at radius 3 is 2.84 bits per heavy atom. The maximum Gasteiger partial charge on any atom is 0.228 e. The molecule has 0 bridgehead atoms. The number of aromatic nitrogens is 2. The normalized spacial score (nSPS) is 22.4. The molecular weight excluding hydrogens is 242 g/mol. The molecule has 0 saturated carbocycles. The monoisotopic (exact) mass is 267 g/mol. The summed E-state index contributed by atoms with van der Waals surface area (Å²) in [4.78, 5) is 4.47. The SMILES string of the molecule is CC(C)(C)CC(N)Cc1nc(C2CCCOC2)no1. The van der Waals surface area contributed by atoms with Crippen LogP contribution in [0, 0.1) is 5.41 Å². The third kappa shape index (κ3) is 4.58. The van der Waals surface area contributed by atoms with Crippen LogP contribution in [0.4, 0.5) is 0 Å². The van der Waals surface area contributed by atoms with Crippen molar-refractivity contribution in [2.75, 3.05) is 13.2 Å². The van der Waals surface area contributed by atoms with Crippen molar-refractivity contribution in [1.29, 1.82) is 0 Å². The van der Waals surface area contributed by atoms with Crippen molar-refractivity contribution in [3.8, 4) is 0 Å². The topological polar surface area (TPSA) is 74.2 Å². The molecule has 0 amide bonds. The van der Waals surface area contributed by atoms with Gasteiger partial charge in [-0.2, -0.15) is 4.98 Å². The first-order valence-corrected chi connectivity index (χ1v) is 7.10. The minimum Gasteiger partial charge on any atom is -0.381 e. The smallest absolute Gasteiger partial charge is 0.228 e. The van der Waals surface area contributed by atoms with E-state index >= 15 is 0 Å². The quantitative estimate of drug-likeness (QED) is 0.905. The van der Waals surface area contributed by atoms with Crippen LogP contribution in [0.5, 0.6) is 0 Å². The fourth-order valence-electron chi connectivity index (χ4n) is 2.54. The Balaban J connectivity index is 1.89. The first kappa shape index (κ1) is 14.5. The molecule has 1 aliphatic heterocycles. The molecular formula is C14H25N3O2. The molecule has 0 spiro atoms. The van der Waals surface area contributed by atoms with Crippen LogP contribution < -0.4 is 5.73 Å². The van der Waals surface area contributed by atoms with Gasteiger partial charge in [0.15, 0.2) is 5.82 Å². The highest BCUT2D eigenvalue weighted by Gasteiger charge is 2.23. The molecule has 19 heavy (non-hydrogen) atoms. The summed E-state index contributed by atoms with van der Waals surface area (Å²) in [5, 5.41) is 4.07.